The molecule has 114 heavy (non-hydrogen) atoms. The molecule has 528 valence electrons. The molecular formula is C104H58N6O2S2. The Balaban J connectivity index is 0.591. The predicted octanol–water partition coefficient (Wildman–Crippen LogP) is 26.7. The van der Waals surface area contributed by atoms with Gasteiger partial charge in [0.05, 0.1) is 32.9 Å². The summed E-state index contributed by atoms with van der Waals surface area (Å²) in [6, 6.07) is 128. The van der Waals surface area contributed by atoms with Gasteiger partial charge in [-0.25, -0.2) is 19.9 Å². The zero-order valence-electron chi connectivity index (χ0n) is 60.8. The van der Waals surface area contributed by atoms with E-state index in [1.165, 1.54) is 97.1 Å². The fourth-order valence-corrected chi connectivity index (χ4v) is 22.9. The van der Waals surface area contributed by atoms with Crippen molar-refractivity contribution in [3.8, 4) is 78.9 Å². The average molecular weight is 1490 g/mol. The van der Waals surface area contributed by atoms with Crippen molar-refractivity contribution in [1.82, 2.24) is 29.1 Å². The van der Waals surface area contributed by atoms with Crippen LogP contribution in [0.3, 0.4) is 0 Å². The molecule has 8 nitrogen and oxygen atoms in total. The summed E-state index contributed by atoms with van der Waals surface area (Å²) in [7, 11) is 0. The van der Waals surface area contributed by atoms with E-state index in [9.17, 15) is 0 Å². The Morgan fingerprint density at radius 3 is 1.18 bits per heavy atom. The van der Waals surface area contributed by atoms with Crippen molar-refractivity contribution >= 4 is 122 Å². The molecule has 0 bridgehead atoms. The quantitative estimate of drug-likeness (QED) is 0.163. The molecule has 4 aliphatic rings. The number of nitrogens with zero attached hydrogens (tertiary/aromatic N) is 6. The summed E-state index contributed by atoms with van der Waals surface area (Å²) in [5.74, 6) is 1.14. The van der Waals surface area contributed by atoms with E-state index in [2.05, 4.69) is 349 Å². The summed E-state index contributed by atoms with van der Waals surface area (Å²) in [5, 5.41) is 8.69. The number of benzene rings is 16. The molecule has 6 aromatic heterocycles. The van der Waals surface area contributed by atoms with Crippen LogP contribution < -0.4 is 0 Å². The van der Waals surface area contributed by atoms with Gasteiger partial charge in [-0.15, -0.1) is 0 Å². The van der Waals surface area contributed by atoms with Crippen molar-refractivity contribution in [2.75, 3.05) is 0 Å². The number of aromatic nitrogens is 6. The molecule has 22 aromatic rings. The molecule has 0 radical (unpaired) electrons. The molecule has 2 spiro atoms. The summed E-state index contributed by atoms with van der Waals surface area (Å²) >= 11 is 3.75. The Hall–Kier alpha value is -14.2. The van der Waals surface area contributed by atoms with Gasteiger partial charge in [-0.3, -0.25) is 9.13 Å². The maximum Gasteiger partial charge on any atom is 0.236 e. The largest absolute Gasteiger partial charge is 0.452 e. The molecule has 8 heterocycles. The first-order valence-electron chi connectivity index (χ1n) is 38.7. The van der Waals surface area contributed by atoms with Crippen molar-refractivity contribution < 1.29 is 8.83 Å². The topological polar surface area (TPSA) is 87.7 Å². The SMILES string of the molecule is c1ccc2c(c1)Sc1c(ccc3c1c1ccccc1n3-c1nc(-c3ccc(-c4ccc(-c5ccc6oc7c(-c8cccc9ccccc89)nc(-n8c9ccccc9c9c%10c(ccc98)C8(c9ccccc9S%10)c9ccccc9-c9ccccc98)nc7c6c5)cc4)cc3)c3oc4ccccc4c3n1)C21c2ccccc2-c2ccccc21. The molecule has 10 heteroatoms. The number of rotatable bonds is 6. The van der Waals surface area contributed by atoms with Crippen molar-refractivity contribution in [3.63, 3.8) is 0 Å². The first kappa shape index (κ1) is 62.6. The molecule has 0 saturated heterocycles. The molecule has 0 atom stereocenters. The normalized spacial score (nSPS) is 13.9. The van der Waals surface area contributed by atoms with E-state index in [0.29, 0.717) is 23.1 Å². The number of para-hydroxylation sites is 3. The highest BCUT2D eigenvalue weighted by atomic mass is 32.2. The summed E-state index contributed by atoms with van der Waals surface area (Å²) in [4.78, 5) is 27.6. The fraction of sp³-hybridized carbons (Fsp3) is 0.0192. The van der Waals surface area contributed by atoms with Gasteiger partial charge in [0.1, 0.15) is 33.6 Å². The van der Waals surface area contributed by atoms with Crippen LogP contribution >= 0.6 is 23.5 Å². The van der Waals surface area contributed by atoms with E-state index in [4.69, 9.17) is 28.8 Å². The zero-order chi connectivity index (χ0) is 74.2. The van der Waals surface area contributed by atoms with Crippen LogP contribution in [0.5, 0.6) is 0 Å². The zero-order valence-corrected chi connectivity index (χ0v) is 62.4. The maximum absolute atomic E-state index is 7.07. The minimum Gasteiger partial charge on any atom is -0.452 e. The van der Waals surface area contributed by atoms with Gasteiger partial charge in [-0.2, -0.15) is 0 Å². The Bertz CT molecular complexity index is 7920. The summed E-state index contributed by atoms with van der Waals surface area (Å²) in [6.45, 7) is 0. The van der Waals surface area contributed by atoms with Gasteiger partial charge < -0.3 is 8.83 Å². The van der Waals surface area contributed by atoms with Crippen LogP contribution in [0.15, 0.2) is 380 Å². The first-order valence-corrected chi connectivity index (χ1v) is 40.4. The summed E-state index contributed by atoms with van der Waals surface area (Å²) < 4.78 is 18.5. The van der Waals surface area contributed by atoms with Crippen molar-refractivity contribution in [2.45, 2.75) is 30.4 Å². The lowest BCUT2D eigenvalue weighted by atomic mass is 9.67. The standard InChI is InChI=1S/C104H58N6O2S2/c1-2-24-65-62(22-1)23-21-32-70(65)94-98-96(108-102(106-94)110-84-40-17-8-30-72(84)92-86(110)56-54-82-100(92)114-90-43-20-15-38-80(90)104(82)77-35-12-5-27-68(77)69-28-6-13-36-78(69)104)74-58-64(52-57-88(74)112-98)61-46-44-59(45-47-61)60-48-50-63(51-49-60)93-97-95(73-31-9-18-41-87(73)111-97)107-101(105-93)109-83-39-16-7-29-71(83)91-85(109)55-53-81-99(91)113-89-42-19-14-37-79(89)103(81)75-33-10-3-25-66(75)67-26-4-11-34-76(67)103/h1-58H. The van der Waals surface area contributed by atoms with Crippen molar-refractivity contribution in [1.29, 1.82) is 0 Å². The van der Waals surface area contributed by atoms with E-state index in [0.717, 1.165) is 121 Å². The highest BCUT2D eigenvalue weighted by Gasteiger charge is 2.53. The summed E-state index contributed by atoms with van der Waals surface area (Å²) in [5.41, 5.74) is 30.5. The minimum atomic E-state index is -0.535. The van der Waals surface area contributed by atoms with Crippen molar-refractivity contribution in [2.24, 2.45) is 0 Å². The second kappa shape index (κ2) is 23.2. The van der Waals surface area contributed by atoms with Crippen LogP contribution in [-0.4, -0.2) is 29.1 Å². The third-order valence-corrected chi connectivity index (χ3v) is 27.4. The second-order valence-electron chi connectivity index (χ2n) is 30.4. The van der Waals surface area contributed by atoms with Crippen LogP contribution in [0.4, 0.5) is 0 Å². The van der Waals surface area contributed by atoms with Gasteiger partial charge >= 0.3 is 0 Å². The number of hydrogen-bond donors (Lipinski definition) is 0. The van der Waals surface area contributed by atoms with Gasteiger partial charge in [-0.05, 0) is 160 Å². The molecule has 0 saturated carbocycles. The van der Waals surface area contributed by atoms with E-state index < -0.39 is 10.8 Å². The fourth-order valence-electron chi connectivity index (χ4n) is 20.2. The lowest BCUT2D eigenvalue weighted by molar-refractivity contribution is 0.666. The van der Waals surface area contributed by atoms with Crippen LogP contribution in [0, 0.1) is 0 Å². The van der Waals surface area contributed by atoms with Gasteiger partial charge in [0.2, 0.25) is 11.9 Å². The van der Waals surface area contributed by atoms with Crippen molar-refractivity contribution in [3.05, 3.63) is 396 Å². The molecule has 0 N–H and O–H groups in total. The molecule has 0 unspecified atom stereocenters. The molecule has 0 amide bonds. The van der Waals surface area contributed by atoms with Gasteiger partial charge in [-0.1, -0.05) is 315 Å². The average Bonchev–Trinajstić information content (AvgIpc) is 1.49. The van der Waals surface area contributed by atoms with Crippen LogP contribution in [0.25, 0.3) is 177 Å². The smallest absolute Gasteiger partial charge is 0.236 e. The highest BCUT2D eigenvalue weighted by Crippen LogP contribution is 2.66. The van der Waals surface area contributed by atoms with Crippen LogP contribution in [0.2, 0.25) is 0 Å². The van der Waals surface area contributed by atoms with E-state index >= 15 is 0 Å². The Kier molecular flexibility index (Phi) is 12.7. The lowest BCUT2D eigenvalue weighted by Crippen LogP contribution is -2.32. The first-order chi connectivity index (χ1) is 56.5. The van der Waals surface area contributed by atoms with Gasteiger partial charge in [0, 0.05) is 63.0 Å². The number of furan rings is 2. The molecule has 0 fully saturated rings. The van der Waals surface area contributed by atoms with E-state index in [1.54, 1.807) is 0 Å². The van der Waals surface area contributed by atoms with Crippen LogP contribution in [0.1, 0.15) is 44.5 Å². The molecule has 16 aromatic carbocycles. The third-order valence-electron chi connectivity index (χ3n) is 25.0. The third kappa shape index (κ3) is 8.28. The lowest BCUT2D eigenvalue weighted by Gasteiger charge is -2.40. The molecular weight excluding hydrogens is 1430 g/mol. The summed E-state index contributed by atoms with van der Waals surface area (Å²) in [6.07, 6.45) is 0. The number of fused-ring (bicyclic) bond motifs is 33. The Morgan fingerprint density at radius 2 is 0.640 bits per heavy atom. The molecule has 2 aliphatic carbocycles. The monoisotopic (exact) mass is 1490 g/mol. The van der Waals surface area contributed by atoms with Gasteiger partial charge in [0.25, 0.3) is 0 Å². The molecule has 26 rings (SSSR count). The van der Waals surface area contributed by atoms with Crippen LogP contribution in [-0.2, 0) is 10.8 Å². The minimum absolute atomic E-state index is 0.522. The number of hydrogen-bond acceptors (Lipinski definition) is 8. The predicted molar refractivity (Wildman–Crippen MR) is 463 cm³/mol. The van der Waals surface area contributed by atoms with Gasteiger partial charge in [0.15, 0.2) is 11.2 Å². The molecule has 2 aliphatic heterocycles. The Morgan fingerprint density at radius 1 is 0.254 bits per heavy atom. The second-order valence-corrected chi connectivity index (χ2v) is 32.6. The maximum atomic E-state index is 7.07. The Labute approximate surface area is 661 Å². The van der Waals surface area contributed by atoms with E-state index in [1.807, 2.05) is 35.7 Å². The highest BCUT2D eigenvalue weighted by molar-refractivity contribution is 8.00. The van der Waals surface area contributed by atoms with E-state index in [-0.39, 0.29) is 0 Å².